The van der Waals surface area contributed by atoms with Gasteiger partial charge in [-0.2, -0.15) is 4.31 Å². The van der Waals surface area contributed by atoms with Crippen LogP contribution >= 0.6 is 11.6 Å². The molecule has 1 aliphatic heterocycles. The zero-order chi connectivity index (χ0) is 12.6. The highest BCUT2D eigenvalue weighted by Gasteiger charge is 2.32. The van der Waals surface area contributed by atoms with E-state index in [0.717, 1.165) is 12.1 Å². The van der Waals surface area contributed by atoms with Crippen LogP contribution in [0.4, 0.5) is 4.39 Å². The third-order valence-electron chi connectivity index (χ3n) is 2.70. The first-order valence-corrected chi connectivity index (χ1v) is 6.94. The van der Waals surface area contributed by atoms with Crippen LogP contribution in [0, 0.1) is 5.82 Å². The summed E-state index contributed by atoms with van der Waals surface area (Å²) in [4.78, 5) is -0.0744. The predicted octanol–water partition coefficient (Wildman–Crippen LogP) is 1.20. The maximum Gasteiger partial charge on any atom is 0.244 e. The van der Waals surface area contributed by atoms with Gasteiger partial charge in [-0.1, -0.05) is 11.6 Å². The lowest BCUT2D eigenvalue weighted by Gasteiger charge is -2.16. The van der Waals surface area contributed by atoms with E-state index in [2.05, 4.69) is 0 Å². The Morgan fingerprint density at radius 2 is 2.18 bits per heavy atom. The molecule has 7 heteroatoms. The molecular weight excluding hydrogens is 267 g/mol. The van der Waals surface area contributed by atoms with Gasteiger partial charge in [0.05, 0.1) is 5.02 Å². The van der Waals surface area contributed by atoms with Gasteiger partial charge in [0.25, 0.3) is 0 Å². The lowest BCUT2D eigenvalue weighted by Crippen LogP contribution is -2.32. The number of hydrogen-bond acceptors (Lipinski definition) is 3. The maximum absolute atomic E-state index is 12.9. The van der Waals surface area contributed by atoms with Crippen molar-refractivity contribution in [3.8, 4) is 0 Å². The first kappa shape index (κ1) is 12.8. The van der Waals surface area contributed by atoms with E-state index >= 15 is 0 Å². The molecule has 17 heavy (non-hydrogen) atoms. The average Bonchev–Trinajstić information content (AvgIpc) is 2.64. The van der Waals surface area contributed by atoms with E-state index in [4.69, 9.17) is 17.3 Å². The minimum atomic E-state index is -3.66. The van der Waals surface area contributed by atoms with Crippen LogP contribution in [-0.4, -0.2) is 31.9 Å². The first-order valence-electron chi connectivity index (χ1n) is 5.12. The normalized spacial score (nSPS) is 21.9. The van der Waals surface area contributed by atoms with Gasteiger partial charge >= 0.3 is 0 Å². The molecule has 0 spiro atoms. The largest absolute Gasteiger partial charge is 0.326 e. The Hall–Kier alpha value is -0.690. The van der Waals surface area contributed by atoms with E-state index in [-0.39, 0.29) is 22.5 Å². The number of halogens is 2. The fourth-order valence-electron chi connectivity index (χ4n) is 1.80. The molecule has 0 unspecified atom stereocenters. The lowest BCUT2D eigenvalue weighted by atomic mass is 10.3. The Balaban J connectivity index is 2.38. The summed E-state index contributed by atoms with van der Waals surface area (Å²) in [5.41, 5.74) is 5.66. The number of benzene rings is 1. The van der Waals surface area contributed by atoms with Crippen LogP contribution in [0.15, 0.2) is 23.1 Å². The molecule has 0 radical (unpaired) electrons. The van der Waals surface area contributed by atoms with Crippen LogP contribution in [0.5, 0.6) is 0 Å². The van der Waals surface area contributed by atoms with Gasteiger partial charge in [-0.15, -0.1) is 0 Å². The van der Waals surface area contributed by atoms with E-state index in [9.17, 15) is 12.8 Å². The number of hydrogen-bond donors (Lipinski definition) is 1. The van der Waals surface area contributed by atoms with Crippen molar-refractivity contribution < 1.29 is 12.8 Å². The van der Waals surface area contributed by atoms with Crippen molar-refractivity contribution in [2.24, 2.45) is 5.73 Å². The van der Waals surface area contributed by atoms with Crippen molar-refractivity contribution >= 4 is 21.6 Å². The zero-order valence-corrected chi connectivity index (χ0v) is 10.5. The summed E-state index contributed by atoms with van der Waals surface area (Å²) in [6, 6.07) is 3.10. The molecule has 1 atom stereocenters. The highest BCUT2D eigenvalue weighted by molar-refractivity contribution is 7.89. The molecule has 0 bridgehead atoms. The van der Waals surface area contributed by atoms with Gasteiger partial charge < -0.3 is 5.73 Å². The average molecular weight is 279 g/mol. The van der Waals surface area contributed by atoms with Gasteiger partial charge in [0.1, 0.15) is 10.7 Å². The Kier molecular flexibility index (Phi) is 3.40. The van der Waals surface area contributed by atoms with Gasteiger partial charge in [-0.05, 0) is 24.6 Å². The third-order valence-corrected chi connectivity index (χ3v) is 5.05. The fourth-order valence-corrected chi connectivity index (χ4v) is 3.81. The van der Waals surface area contributed by atoms with Crippen LogP contribution in [0.1, 0.15) is 6.42 Å². The summed E-state index contributed by atoms with van der Waals surface area (Å²) >= 11 is 5.75. The van der Waals surface area contributed by atoms with E-state index in [0.29, 0.717) is 13.0 Å². The molecule has 1 aromatic carbocycles. The Labute approximate surface area is 104 Å². The SMILES string of the molecule is N[C@H]1CCN(S(=O)(=O)c2ccc(F)cc2Cl)C1. The summed E-state index contributed by atoms with van der Waals surface area (Å²) < 4.78 is 38.5. The summed E-state index contributed by atoms with van der Waals surface area (Å²) in [6.07, 6.45) is 0.623. The van der Waals surface area contributed by atoms with E-state index in [1.807, 2.05) is 0 Å². The van der Waals surface area contributed by atoms with Crippen LogP contribution in [0.25, 0.3) is 0 Å². The second-order valence-electron chi connectivity index (χ2n) is 3.99. The van der Waals surface area contributed by atoms with Gasteiger partial charge in [0, 0.05) is 19.1 Å². The van der Waals surface area contributed by atoms with E-state index in [1.54, 1.807) is 0 Å². The van der Waals surface area contributed by atoms with E-state index in [1.165, 1.54) is 10.4 Å². The topological polar surface area (TPSA) is 63.4 Å². The standard InChI is InChI=1S/C10H12ClFN2O2S/c11-9-5-7(12)1-2-10(9)17(15,16)14-4-3-8(13)6-14/h1-2,5,8H,3-4,6,13H2/t8-/m0/s1. The molecule has 1 saturated heterocycles. The minimum absolute atomic E-state index is 0.0744. The van der Waals surface area contributed by atoms with E-state index < -0.39 is 15.8 Å². The molecule has 94 valence electrons. The second-order valence-corrected chi connectivity index (χ2v) is 6.30. The minimum Gasteiger partial charge on any atom is -0.326 e. The maximum atomic E-state index is 12.9. The molecule has 0 aromatic heterocycles. The monoisotopic (exact) mass is 278 g/mol. The van der Waals surface area contributed by atoms with Crippen molar-refractivity contribution in [2.75, 3.05) is 13.1 Å². The van der Waals surface area contributed by atoms with Crippen LogP contribution in [-0.2, 0) is 10.0 Å². The van der Waals surface area contributed by atoms with Crippen molar-refractivity contribution in [2.45, 2.75) is 17.4 Å². The van der Waals surface area contributed by atoms with Crippen LogP contribution in [0.2, 0.25) is 5.02 Å². The molecule has 0 aliphatic carbocycles. The Morgan fingerprint density at radius 3 is 2.71 bits per heavy atom. The number of sulfonamides is 1. The summed E-state index contributed by atoms with van der Waals surface area (Å²) in [5.74, 6) is -0.563. The van der Waals surface area contributed by atoms with Crippen LogP contribution < -0.4 is 5.73 Å². The van der Waals surface area contributed by atoms with Crippen molar-refractivity contribution in [1.82, 2.24) is 4.31 Å². The number of rotatable bonds is 2. The Bertz CT molecular complexity index is 535. The molecule has 0 saturated carbocycles. The summed E-state index contributed by atoms with van der Waals surface area (Å²) in [6.45, 7) is 0.646. The van der Waals surface area contributed by atoms with Gasteiger partial charge in [0.15, 0.2) is 0 Å². The zero-order valence-electron chi connectivity index (χ0n) is 8.94. The first-order chi connectivity index (χ1) is 7.91. The fraction of sp³-hybridized carbons (Fsp3) is 0.400. The van der Waals surface area contributed by atoms with Gasteiger partial charge in [-0.3, -0.25) is 0 Å². The molecule has 4 nitrogen and oxygen atoms in total. The number of nitrogens with two attached hydrogens (primary N) is 1. The van der Waals surface area contributed by atoms with Gasteiger partial charge in [0.2, 0.25) is 10.0 Å². The summed E-state index contributed by atoms with van der Waals surface area (Å²) in [7, 11) is -3.66. The number of nitrogens with zero attached hydrogens (tertiary/aromatic N) is 1. The quantitative estimate of drug-likeness (QED) is 0.884. The highest BCUT2D eigenvalue weighted by atomic mass is 35.5. The van der Waals surface area contributed by atoms with Crippen molar-refractivity contribution in [3.05, 3.63) is 29.0 Å². The van der Waals surface area contributed by atoms with Crippen molar-refractivity contribution in [1.29, 1.82) is 0 Å². The van der Waals surface area contributed by atoms with Gasteiger partial charge in [-0.25, -0.2) is 12.8 Å². The molecule has 2 rings (SSSR count). The molecule has 0 amide bonds. The second kappa shape index (κ2) is 4.53. The third kappa shape index (κ3) is 2.44. The molecule has 1 aliphatic rings. The molecule has 2 N–H and O–H groups in total. The Morgan fingerprint density at radius 1 is 1.47 bits per heavy atom. The highest BCUT2D eigenvalue weighted by Crippen LogP contribution is 2.27. The smallest absolute Gasteiger partial charge is 0.244 e. The van der Waals surface area contributed by atoms with Crippen LogP contribution in [0.3, 0.4) is 0 Å². The molecular formula is C10H12ClFN2O2S. The molecule has 1 fully saturated rings. The predicted molar refractivity (Wildman–Crippen MR) is 62.8 cm³/mol. The van der Waals surface area contributed by atoms with Crippen molar-refractivity contribution in [3.63, 3.8) is 0 Å². The molecule has 1 heterocycles. The molecule has 1 aromatic rings. The lowest BCUT2D eigenvalue weighted by molar-refractivity contribution is 0.472. The summed E-state index contributed by atoms with van der Waals surface area (Å²) in [5, 5.41) is -0.106.